The molecule has 0 saturated carbocycles. The molecule has 1 heterocycles. The monoisotopic (exact) mass is 298 g/mol. The van der Waals surface area contributed by atoms with Crippen LogP contribution in [0.15, 0.2) is 48.7 Å². The Kier molecular flexibility index (Phi) is 4.86. The molecule has 0 radical (unpaired) electrons. The number of nitrogens with one attached hydrogen (secondary N) is 1. The van der Waals surface area contributed by atoms with Gasteiger partial charge in [0.15, 0.2) is 0 Å². The molecule has 0 aliphatic heterocycles. The van der Waals surface area contributed by atoms with Crippen LogP contribution in [0.1, 0.15) is 0 Å². The smallest absolute Gasteiger partial charge is 0.492 e. The number of para-hydroxylation sites is 1. The van der Waals surface area contributed by atoms with Crippen LogP contribution in [0.2, 0.25) is 0 Å². The molecule has 1 aromatic carbocycles. The van der Waals surface area contributed by atoms with Gasteiger partial charge in [-0.3, -0.25) is 0 Å². The molecule has 0 spiro atoms. The van der Waals surface area contributed by atoms with Gasteiger partial charge in [0, 0.05) is 0 Å². The molecule has 0 aliphatic carbocycles. The van der Waals surface area contributed by atoms with Crippen molar-refractivity contribution in [3.8, 4) is 11.5 Å². The summed E-state index contributed by atoms with van der Waals surface area (Å²) in [4.78, 5) is 3.82. The number of benzene rings is 1. The van der Waals surface area contributed by atoms with Crippen molar-refractivity contribution in [2.75, 3.05) is 18.5 Å². The van der Waals surface area contributed by atoms with E-state index < -0.39 is 6.36 Å². The average molecular weight is 298 g/mol. The van der Waals surface area contributed by atoms with E-state index in [1.807, 2.05) is 30.3 Å². The lowest BCUT2D eigenvalue weighted by atomic mass is 10.3. The Labute approximate surface area is 119 Å². The van der Waals surface area contributed by atoms with Gasteiger partial charge in [-0.2, -0.15) is 0 Å². The molecule has 0 saturated heterocycles. The first-order chi connectivity index (χ1) is 10.0. The molecule has 4 nitrogen and oxygen atoms in total. The Morgan fingerprint density at radius 2 is 1.76 bits per heavy atom. The van der Waals surface area contributed by atoms with Crippen molar-refractivity contribution >= 4 is 5.82 Å². The van der Waals surface area contributed by atoms with Gasteiger partial charge in [0.05, 0.1) is 12.7 Å². The second kappa shape index (κ2) is 6.83. The van der Waals surface area contributed by atoms with Gasteiger partial charge in [-0.25, -0.2) is 4.98 Å². The van der Waals surface area contributed by atoms with Gasteiger partial charge in [-0.1, -0.05) is 18.2 Å². The molecule has 0 fully saturated rings. The highest BCUT2D eigenvalue weighted by Gasteiger charge is 2.31. The number of halogens is 3. The molecule has 2 rings (SSSR count). The number of aromatic nitrogens is 1. The van der Waals surface area contributed by atoms with E-state index in [0.717, 1.165) is 11.9 Å². The molecule has 1 N–H and O–H groups in total. The van der Waals surface area contributed by atoms with Crippen LogP contribution in [0, 0.1) is 0 Å². The minimum absolute atomic E-state index is 0.353. The molecule has 0 unspecified atom stereocenters. The zero-order valence-electron chi connectivity index (χ0n) is 10.9. The van der Waals surface area contributed by atoms with Gasteiger partial charge in [0.2, 0.25) is 0 Å². The first-order valence-electron chi connectivity index (χ1n) is 6.16. The molecule has 1 aromatic heterocycles. The Balaban J connectivity index is 1.74. The van der Waals surface area contributed by atoms with Crippen LogP contribution in [-0.2, 0) is 0 Å². The maximum Gasteiger partial charge on any atom is 0.573 e. The van der Waals surface area contributed by atoms with Gasteiger partial charge in [-0.05, 0) is 24.3 Å². The SMILES string of the molecule is FC(F)(F)Oc1ccc(NCCOc2ccccc2)nc1. The van der Waals surface area contributed by atoms with E-state index in [0.29, 0.717) is 19.0 Å². The summed E-state index contributed by atoms with van der Waals surface area (Å²) < 4.78 is 45.1. The van der Waals surface area contributed by atoms with Crippen molar-refractivity contribution in [3.63, 3.8) is 0 Å². The summed E-state index contributed by atoms with van der Waals surface area (Å²) in [6.45, 7) is 0.883. The predicted octanol–water partition coefficient (Wildman–Crippen LogP) is 3.47. The molecule has 2 aromatic rings. The van der Waals surface area contributed by atoms with E-state index in [4.69, 9.17) is 4.74 Å². The summed E-state index contributed by atoms with van der Waals surface area (Å²) in [7, 11) is 0. The summed E-state index contributed by atoms with van der Waals surface area (Å²) in [5.74, 6) is 0.843. The Bertz CT molecular complexity index is 544. The van der Waals surface area contributed by atoms with Crippen LogP contribution >= 0.6 is 0 Å². The first-order valence-corrected chi connectivity index (χ1v) is 6.16. The average Bonchev–Trinajstić information content (AvgIpc) is 2.45. The van der Waals surface area contributed by atoms with Crippen LogP contribution in [-0.4, -0.2) is 24.5 Å². The maximum absolute atomic E-state index is 12.0. The highest BCUT2D eigenvalue weighted by Crippen LogP contribution is 2.22. The minimum Gasteiger partial charge on any atom is -0.492 e. The minimum atomic E-state index is -4.71. The Morgan fingerprint density at radius 1 is 1.00 bits per heavy atom. The van der Waals surface area contributed by atoms with Gasteiger partial charge >= 0.3 is 6.36 Å². The fourth-order valence-corrected chi connectivity index (χ4v) is 1.54. The Morgan fingerprint density at radius 3 is 2.38 bits per heavy atom. The number of rotatable bonds is 6. The van der Waals surface area contributed by atoms with Crippen LogP contribution in [0.25, 0.3) is 0 Å². The third kappa shape index (κ3) is 5.60. The van der Waals surface area contributed by atoms with Gasteiger partial charge in [0.1, 0.15) is 23.9 Å². The van der Waals surface area contributed by atoms with E-state index in [2.05, 4.69) is 15.0 Å². The lowest BCUT2D eigenvalue weighted by Gasteiger charge is -2.10. The van der Waals surface area contributed by atoms with Crippen molar-refractivity contribution in [1.82, 2.24) is 4.98 Å². The largest absolute Gasteiger partial charge is 0.573 e. The number of anilines is 1. The molecule has 7 heteroatoms. The molecule has 0 amide bonds. The summed E-state index contributed by atoms with van der Waals surface area (Å²) in [5.41, 5.74) is 0. The molecule has 112 valence electrons. The summed E-state index contributed by atoms with van der Waals surface area (Å²) in [6, 6.07) is 11.9. The highest BCUT2D eigenvalue weighted by molar-refractivity contribution is 5.37. The number of ether oxygens (including phenoxy) is 2. The molecule has 0 bridgehead atoms. The molecule has 0 atom stereocenters. The topological polar surface area (TPSA) is 43.4 Å². The first kappa shape index (κ1) is 15.0. The summed E-state index contributed by atoms with van der Waals surface area (Å²) >= 11 is 0. The third-order valence-corrected chi connectivity index (χ3v) is 2.39. The van der Waals surface area contributed by atoms with Crippen LogP contribution in [0.5, 0.6) is 11.5 Å². The molecule has 21 heavy (non-hydrogen) atoms. The van der Waals surface area contributed by atoms with Crippen molar-refractivity contribution in [2.45, 2.75) is 6.36 Å². The van der Waals surface area contributed by atoms with Crippen LogP contribution in [0.4, 0.5) is 19.0 Å². The molecule has 0 aliphatic rings. The number of alkyl halides is 3. The summed E-state index contributed by atoms with van der Waals surface area (Å²) in [6.07, 6.45) is -3.70. The van der Waals surface area contributed by atoms with E-state index in [9.17, 15) is 13.2 Å². The second-order valence-electron chi connectivity index (χ2n) is 4.02. The zero-order valence-corrected chi connectivity index (χ0v) is 10.9. The van der Waals surface area contributed by atoms with E-state index in [1.54, 1.807) is 0 Å². The normalized spacial score (nSPS) is 11.0. The van der Waals surface area contributed by atoms with E-state index in [-0.39, 0.29) is 5.75 Å². The number of pyridine rings is 1. The summed E-state index contributed by atoms with van der Waals surface area (Å²) in [5, 5.41) is 2.93. The maximum atomic E-state index is 12.0. The van der Waals surface area contributed by atoms with E-state index >= 15 is 0 Å². The van der Waals surface area contributed by atoms with Gasteiger partial charge in [0.25, 0.3) is 0 Å². The molecular weight excluding hydrogens is 285 g/mol. The standard InChI is InChI=1S/C14H13F3N2O2/c15-14(16,17)21-12-6-7-13(19-10-12)18-8-9-20-11-4-2-1-3-5-11/h1-7,10H,8-9H2,(H,18,19). The van der Waals surface area contributed by atoms with Crippen LogP contribution in [0.3, 0.4) is 0 Å². The third-order valence-electron chi connectivity index (χ3n) is 2.39. The molecular formula is C14H13F3N2O2. The number of hydrogen-bond acceptors (Lipinski definition) is 4. The second-order valence-corrected chi connectivity index (χ2v) is 4.02. The predicted molar refractivity (Wildman–Crippen MR) is 71.3 cm³/mol. The van der Waals surface area contributed by atoms with Crippen molar-refractivity contribution in [3.05, 3.63) is 48.7 Å². The van der Waals surface area contributed by atoms with Crippen LogP contribution < -0.4 is 14.8 Å². The van der Waals surface area contributed by atoms with Crippen molar-refractivity contribution in [1.29, 1.82) is 0 Å². The fraction of sp³-hybridized carbons (Fsp3) is 0.214. The quantitative estimate of drug-likeness (QED) is 0.829. The highest BCUT2D eigenvalue weighted by atomic mass is 19.4. The number of nitrogens with zero attached hydrogens (tertiary/aromatic N) is 1. The lowest BCUT2D eigenvalue weighted by molar-refractivity contribution is -0.274. The van der Waals surface area contributed by atoms with E-state index in [1.165, 1.54) is 12.1 Å². The van der Waals surface area contributed by atoms with Gasteiger partial charge < -0.3 is 14.8 Å². The lowest BCUT2D eigenvalue weighted by Crippen LogP contribution is -2.17. The Hall–Kier alpha value is -2.44. The van der Waals surface area contributed by atoms with Crippen molar-refractivity contribution in [2.24, 2.45) is 0 Å². The number of hydrogen-bond donors (Lipinski definition) is 1. The fourth-order valence-electron chi connectivity index (χ4n) is 1.54. The van der Waals surface area contributed by atoms with Crippen molar-refractivity contribution < 1.29 is 22.6 Å². The zero-order chi connectivity index (χ0) is 15.1. The van der Waals surface area contributed by atoms with Gasteiger partial charge in [-0.15, -0.1) is 13.2 Å².